The average Bonchev–Trinajstić information content (AvgIpc) is 2.61. The molecule has 148 valence electrons. The maximum absolute atomic E-state index is 6.17. The van der Waals surface area contributed by atoms with Gasteiger partial charge in [-0.25, -0.2) is 0 Å². The van der Waals surface area contributed by atoms with Gasteiger partial charge in [0.05, 0.1) is 6.61 Å². The van der Waals surface area contributed by atoms with E-state index in [1.54, 1.807) is 0 Å². The summed E-state index contributed by atoms with van der Waals surface area (Å²) >= 11 is 0. The van der Waals surface area contributed by atoms with Crippen LogP contribution in [0.1, 0.15) is 39.7 Å². The van der Waals surface area contributed by atoms with Crippen LogP contribution in [0.25, 0.3) is 0 Å². The van der Waals surface area contributed by atoms with E-state index < -0.39 is 17.4 Å². The molecule has 0 amide bonds. The smallest absolute Gasteiger partial charge is 0.520 e. The van der Waals surface area contributed by atoms with Crippen LogP contribution < -0.4 is 9.16 Å². The molecule has 1 aliphatic rings. The topological polar surface area (TPSA) is 55.4 Å². The van der Waals surface area contributed by atoms with Crippen molar-refractivity contribution < 1.29 is 26.9 Å². The Hall–Kier alpha value is -0.906. The van der Waals surface area contributed by atoms with Crippen LogP contribution in [0.5, 0.6) is 11.5 Å². The molecule has 0 radical (unpaired) electrons. The summed E-state index contributed by atoms with van der Waals surface area (Å²) in [5.74, 6) is 1.65. The van der Waals surface area contributed by atoms with Gasteiger partial charge in [0.2, 0.25) is 0 Å². The molecule has 0 saturated carbocycles. The summed E-state index contributed by atoms with van der Waals surface area (Å²) in [6.07, 6.45) is 1.35. The van der Waals surface area contributed by atoms with E-state index in [-0.39, 0.29) is 6.23 Å². The summed E-state index contributed by atoms with van der Waals surface area (Å²) in [6, 6.07) is 6.86. The lowest BCUT2D eigenvalue weighted by atomic mass is 10.2. The van der Waals surface area contributed by atoms with Gasteiger partial charge in [-0.15, -0.1) is 0 Å². The molecule has 1 aromatic rings. The van der Waals surface area contributed by atoms with Crippen molar-refractivity contribution in [3.63, 3.8) is 0 Å². The third-order valence-corrected chi connectivity index (χ3v) is 9.60. The fraction of sp³-hybridized carbons (Fsp3) is 0.667. The Kier molecular flexibility index (Phi) is 8.12. The molecule has 1 heterocycles. The minimum absolute atomic E-state index is 0.283. The standard InChI is InChI=1S/C18H32O6Si2/c1-6-12-25(5)23-14-16-13-17(10-11-18(16)24-25)19-15-26(20-7-2,21-8-3)22-9-4/h10-11,13H,6-9,12,14-15H2,1-5H3. The molecule has 0 fully saturated rings. The van der Waals surface area contributed by atoms with Crippen LogP contribution in [0.2, 0.25) is 12.6 Å². The number of rotatable bonds is 11. The number of hydrogen-bond donors (Lipinski definition) is 0. The average molecular weight is 401 g/mol. The maximum Gasteiger partial charge on any atom is 0.540 e. The summed E-state index contributed by atoms with van der Waals surface area (Å²) in [7, 11) is -4.91. The molecule has 0 saturated heterocycles. The molecule has 1 aliphatic heterocycles. The highest BCUT2D eigenvalue weighted by molar-refractivity contribution is 6.67. The van der Waals surface area contributed by atoms with Crippen LogP contribution in [0, 0.1) is 0 Å². The van der Waals surface area contributed by atoms with Crippen LogP contribution in [0.15, 0.2) is 18.2 Å². The highest BCUT2D eigenvalue weighted by Crippen LogP contribution is 2.34. The van der Waals surface area contributed by atoms with Crippen molar-refractivity contribution in [2.24, 2.45) is 0 Å². The van der Waals surface area contributed by atoms with Gasteiger partial charge in [0, 0.05) is 31.4 Å². The normalized spacial score (nSPS) is 19.7. The Labute approximate surface area is 159 Å². The maximum atomic E-state index is 6.17. The predicted molar refractivity (Wildman–Crippen MR) is 105 cm³/mol. The van der Waals surface area contributed by atoms with Gasteiger partial charge in [-0.3, -0.25) is 0 Å². The van der Waals surface area contributed by atoms with Crippen molar-refractivity contribution in [3.05, 3.63) is 23.8 Å². The van der Waals surface area contributed by atoms with Gasteiger partial charge < -0.3 is 26.9 Å². The van der Waals surface area contributed by atoms with Gasteiger partial charge in [-0.1, -0.05) is 13.3 Å². The van der Waals surface area contributed by atoms with Gasteiger partial charge in [0.15, 0.2) is 6.23 Å². The molecular formula is C18H32O6Si2. The Morgan fingerprint density at radius 3 is 2.27 bits per heavy atom. The summed E-state index contributed by atoms with van der Waals surface area (Å²) in [5, 5.41) is 0. The SMILES string of the molecule is CCC[Si]1(C)OCc2cc(OC[Si](OCC)(OCC)OCC)ccc2O1. The van der Waals surface area contributed by atoms with Crippen LogP contribution in [-0.4, -0.2) is 43.4 Å². The van der Waals surface area contributed by atoms with E-state index >= 15 is 0 Å². The number of hydrogen-bond acceptors (Lipinski definition) is 6. The van der Waals surface area contributed by atoms with Crippen molar-refractivity contribution in [1.29, 1.82) is 0 Å². The quantitative estimate of drug-likeness (QED) is 0.523. The first-order chi connectivity index (χ1) is 12.5. The van der Waals surface area contributed by atoms with Crippen LogP contribution in [-0.2, 0) is 24.3 Å². The molecule has 6 nitrogen and oxygen atoms in total. The minimum atomic E-state index is -2.83. The molecule has 0 spiro atoms. The highest BCUT2D eigenvalue weighted by atomic mass is 28.4. The number of ether oxygens (including phenoxy) is 1. The van der Waals surface area contributed by atoms with Gasteiger partial charge >= 0.3 is 17.4 Å². The molecular weight excluding hydrogens is 368 g/mol. The van der Waals surface area contributed by atoms with E-state index in [1.807, 2.05) is 39.0 Å². The monoisotopic (exact) mass is 400 g/mol. The molecule has 1 aromatic carbocycles. The lowest BCUT2D eigenvalue weighted by Crippen LogP contribution is -2.51. The molecule has 1 atom stereocenters. The Morgan fingerprint density at radius 2 is 1.69 bits per heavy atom. The van der Waals surface area contributed by atoms with E-state index in [9.17, 15) is 0 Å². The zero-order valence-corrected chi connectivity index (χ0v) is 18.6. The summed E-state index contributed by atoms with van der Waals surface area (Å²) in [6.45, 7) is 12.2. The first-order valence-electron chi connectivity index (χ1n) is 9.50. The molecule has 26 heavy (non-hydrogen) atoms. The molecule has 2 rings (SSSR count). The van der Waals surface area contributed by atoms with E-state index in [1.165, 1.54) is 0 Å². The van der Waals surface area contributed by atoms with Gasteiger partial charge in [-0.2, -0.15) is 0 Å². The van der Waals surface area contributed by atoms with E-state index in [2.05, 4.69) is 13.5 Å². The highest BCUT2D eigenvalue weighted by Gasteiger charge is 2.42. The summed E-state index contributed by atoms with van der Waals surface area (Å²) < 4.78 is 35.7. The third kappa shape index (κ3) is 5.54. The fourth-order valence-electron chi connectivity index (χ4n) is 3.01. The Morgan fingerprint density at radius 1 is 1.04 bits per heavy atom. The van der Waals surface area contributed by atoms with E-state index in [4.69, 9.17) is 26.9 Å². The number of fused-ring (bicyclic) bond motifs is 1. The first-order valence-corrected chi connectivity index (χ1v) is 14.0. The van der Waals surface area contributed by atoms with E-state index in [0.717, 1.165) is 29.5 Å². The van der Waals surface area contributed by atoms with E-state index in [0.29, 0.717) is 26.4 Å². The van der Waals surface area contributed by atoms with Crippen molar-refractivity contribution in [1.82, 2.24) is 0 Å². The lowest BCUT2D eigenvalue weighted by Gasteiger charge is -2.33. The number of benzene rings is 1. The van der Waals surface area contributed by atoms with Gasteiger partial charge in [0.25, 0.3) is 0 Å². The molecule has 8 heteroatoms. The van der Waals surface area contributed by atoms with Crippen LogP contribution in [0.3, 0.4) is 0 Å². The molecule has 0 bridgehead atoms. The zero-order valence-electron chi connectivity index (χ0n) is 16.6. The van der Waals surface area contributed by atoms with Crippen molar-refractivity contribution in [2.75, 3.05) is 26.1 Å². The van der Waals surface area contributed by atoms with Crippen molar-refractivity contribution in [3.8, 4) is 11.5 Å². The second-order valence-electron chi connectivity index (χ2n) is 6.31. The fourth-order valence-corrected chi connectivity index (χ4v) is 7.51. The third-order valence-electron chi connectivity index (χ3n) is 4.10. The molecule has 0 aliphatic carbocycles. The minimum Gasteiger partial charge on any atom is -0.520 e. The molecule has 0 aromatic heterocycles. The predicted octanol–water partition coefficient (Wildman–Crippen LogP) is 4.04. The summed E-state index contributed by atoms with van der Waals surface area (Å²) in [4.78, 5) is 0. The molecule has 0 N–H and O–H groups in total. The van der Waals surface area contributed by atoms with Crippen molar-refractivity contribution in [2.45, 2.75) is 53.3 Å². The largest absolute Gasteiger partial charge is 0.540 e. The Balaban J connectivity index is 2.06. The van der Waals surface area contributed by atoms with Crippen molar-refractivity contribution >= 4 is 17.4 Å². The Bertz CT molecular complexity index is 554. The zero-order chi connectivity index (χ0) is 19.0. The second-order valence-corrected chi connectivity index (χ2v) is 12.1. The van der Waals surface area contributed by atoms with Gasteiger partial charge in [-0.05, 0) is 45.5 Å². The van der Waals surface area contributed by atoms with Crippen LogP contribution >= 0.6 is 0 Å². The lowest BCUT2D eigenvalue weighted by molar-refractivity contribution is 0.0541. The van der Waals surface area contributed by atoms with Gasteiger partial charge in [0.1, 0.15) is 11.5 Å². The first kappa shape index (κ1) is 21.4. The molecule has 1 unspecified atom stereocenters. The summed E-state index contributed by atoms with van der Waals surface area (Å²) in [5.41, 5.74) is 1.01. The second kappa shape index (κ2) is 9.86. The van der Waals surface area contributed by atoms with Crippen LogP contribution in [0.4, 0.5) is 0 Å².